The van der Waals surface area contributed by atoms with E-state index in [-0.39, 0.29) is 10.0 Å². The van der Waals surface area contributed by atoms with E-state index in [1.165, 1.54) is 0 Å². The number of alkyl halides is 1. The first-order chi connectivity index (χ1) is 6.22. The largest absolute Gasteiger partial charge is 0.444 e. The SMILES string of the molecule is O=Cc1c(Cl)oc2c1CC(Br)C=C2. The summed E-state index contributed by atoms with van der Waals surface area (Å²) < 4.78 is 5.20. The molecular weight excluding hydrogens is 255 g/mol. The van der Waals surface area contributed by atoms with Crippen molar-refractivity contribution in [1.29, 1.82) is 0 Å². The Hall–Kier alpha value is -0.540. The molecule has 1 aromatic heterocycles. The predicted octanol–water partition coefficient (Wildman–Crippen LogP) is 3.08. The zero-order valence-corrected chi connectivity index (χ0v) is 8.93. The maximum absolute atomic E-state index is 10.7. The highest BCUT2D eigenvalue weighted by atomic mass is 79.9. The summed E-state index contributed by atoms with van der Waals surface area (Å²) in [5.74, 6) is 0.697. The second-order valence-electron chi connectivity index (χ2n) is 2.83. The fourth-order valence-electron chi connectivity index (χ4n) is 1.38. The Bertz CT molecular complexity index is 381. The molecule has 1 atom stereocenters. The third kappa shape index (κ3) is 1.46. The lowest BCUT2D eigenvalue weighted by Gasteiger charge is -2.08. The lowest BCUT2D eigenvalue weighted by atomic mass is 10.0. The molecule has 0 bridgehead atoms. The zero-order chi connectivity index (χ0) is 9.42. The second kappa shape index (κ2) is 3.31. The summed E-state index contributed by atoms with van der Waals surface area (Å²) in [6.07, 6.45) is 5.29. The molecule has 1 unspecified atom stereocenters. The minimum absolute atomic E-state index is 0.186. The van der Waals surface area contributed by atoms with Crippen LogP contribution in [0.4, 0.5) is 0 Å². The predicted molar refractivity (Wildman–Crippen MR) is 54.6 cm³/mol. The van der Waals surface area contributed by atoms with E-state index in [1.54, 1.807) is 0 Å². The average Bonchev–Trinajstić information content (AvgIpc) is 2.40. The van der Waals surface area contributed by atoms with Gasteiger partial charge in [0.25, 0.3) is 0 Å². The summed E-state index contributed by atoms with van der Waals surface area (Å²) in [7, 11) is 0. The monoisotopic (exact) mass is 260 g/mol. The van der Waals surface area contributed by atoms with Crippen LogP contribution in [0.5, 0.6) is 0 Å². The number of allylic oxidation sites excluding steroid dienone is 1. The van der Waals surface area contributed by atoms with Gasteiger partial charge in [0.1, 0.15) is 5.76 Å². The molecular formula is C9H6BrClO2. The summed E-state index contributed by atoms with van der Waals surface area (Å²) in [5, 5.41) is 0.186. The van der Waals surface area contributed by atoms with E-state index < -0.39 is 0 Å². The van der Waals surface area contributed by atoms with Gasteiger partial charge in [-0.25, -0.2) is 0 Å². The summed E-state index contributed by atoms with van der Waals surface area (Å²) in [6.45, 7) is 0. The molecule has 1 aliphatic rings. The molecule has 1 aliphatic carbocycles. The van der Waals surface area contributed by atoms with Crippen LogP contribution in [-0.4, -0.2) is 11.1 Å². The molecule has 0 aliphatic heterocycles. The van der Waals surface area contributed by atoms with Gasteiger partial charge in [-0.2, -0.15) is 0 Å². The van der Waals surface area contributed by atoms with Crippen molar-refractivity contribution in [3.05, 3.63) is 28.2 Å². The molecule has 0 N–H and O–H groups in total. The van der Waals surface area contributed by atoms with E-state index in [0.29, 0.717) is 11.3 Å². The summed E-state index contributed by atoms with van der Waals surface area (Å²) in [5.41, 5.74) is 1.37. The number of halogens is 2. The van der Waals surface area contributed by atoms with E-state index in [9.17, 15) is 4.79 Å². The molecule has 68 valence electrons. The van der Waals surface area contributed by atoms with Gasteiger partial charge in [0.2, 0.25) is 5.22 Å². The minimum Gasteiger partial charge on any atom is -0.444 e. The molecule has 0 saturated heterocycles. The van der Waals surface area contributed by atoms with Crippen molar-refractivity contribution in [2.45, 2.75) is 11.2 Å². The highest BCUT2D eigenvalue weighted by Crippen LogP contribution is 2.32. The van der Waals surface area contributed by atoms with E-state index in [2.05, 4.69) is 15.9 Å². The highest BCUT2D eigenvalue weighted by molar-refractivity contribution is 9.09. The van der Waals surface area contributed by atoms with Crippen molar-refractivity contribution < 1.29 is 9.21 Å². The van der Waals surface area contributed by atoms with Crippen molar-refractivity contribution in [1.82, 2.24) is 0 Å². The molecule has 1 aromatic rings. The van der Waals surface area contributed by atoms with Crippen LogP contribution in [0.15, 0.2) is 10.5 Å². The van der Waals surface area contributed by atoms with Gasteiger partial charge < -0.3 is 4.42 Å². The van der Waals surface area contributed by atoms with Crippen LogP contribution in [0, 0.1) is 0 Å². The molecule has 0 radical (unpaired) electrons. The Morgan fingerprint density at radius 1 is 1.69 bits per heavy atom. The van der Waals surface area contributed by atoms with Gasteiger partial charge >= 0.3 is 0 Å². The van der Waals surface area contributed by atoms with Crippen molar-refractivity contribution in [3.8, 4) is 0 Å². The molecule has 0 aromatic carbocycles. The first-order valence-electron chi connectivity index (χ1n) is 3.81. The Labute approximate surface area is 88.7 Å². The second-order valence-corrected chi connectivity index (χ2v) is 4.35. The number of carbonyl (C=O) groups excluding carboxylic acids is 1. The Kier molecular flexibility index (Phi) is 2.30. The molecule has 0 amide bonds. The number of aldehydes is 1. The van der Waals surface area contributed by atoms with Crippen LogP contribution in [0.3, 0.4) is 0 Å². The maximum Gasteiger partial charge on any atom is 0.204 e. The van der Waals surface area contributed by atoms with E-state index in [0.717, 1.165) is 18.3 Å². The van der Waals surface area contributed by atoms with E-state index >= 15 is 0 Å². The quantitative estimate of drug-likeness (QED) is 0.574. The van der Waals surface area contributed by atoms with Gasteiger partial charge in [0, 0.05) is 10.4 Å². The summed E-state index contributed by atoms with van der Waals surface area (Å²) in [6, 6.07) is 0. The standard InChI is InChI=1S/C9H6BrClO2/c10-5-1-2-8-6(3-5)7(4-12)9(11)13-8/h1-2,4-5H,3H2. The van der Waals surface area contributed by atoms with E-state index in [1.807, 2.05) is 12.2 Å². The topological polar surface area (TPSA) is 30.2 Å². The van der Waals surface area contributed by atoms with Gasteiger partial charge in [0.05, 0.1) is 5.56 Å². The average molecular weight is 262 g/mol. The van der Waals surface area contributed by atoms with Crippen LogP contribution in [0.1, 0.15) is 21.7 Å². The van der Waals surface area contributed by atoms with Crippen LogP contribution in [0.2, 0.25) is 5.22 Å². The highest BCUT2D eigenvalue weighted by Gasteiger charge is 2.21. The van der Waals surface area contributed by atoms with Crippen molar-refractivity contribution >= 4 is 39.9 Å². The Balaban J connectivity index is 2.56. The van der Waals surface area contributed by atoms with Gasteiger partial charge in [0.15, 0.2) is 6.29 Å². The number of furan rings is 1. The van der Waals surface area contributed by atoms with Gasteiger partial charge in [-0.1, -0.05) is 22.0 Å². The fraction of sp³-hybridized carbons (Fsp3) is 0.222. The van der Waals surface area contributed by atoms with E-state index in [4.69, 9.17) is 16.0 Å². The number of hydrogen-bond acceptors (Lipinski definition) is 2. The third-order valence-electron chi connectivity index (χ3n) is 2.01. The van der Waals surface area contributed by atoms with Gasteiger partial charge in [-0.15, -0.1) is 0 Å². The minimum atomic E-state index is 0.186. The van der Waals surface area contributed by atoms with Crippen molar-refractivity contribution in [2.75, 3.05) is 0 Å². The Morgan fingerprint density at radius 3 is 3.15 bits per heavy atom. The molecule has 0 fully saturated rings. The molecule has 0 spiro atoms. The number of hydrogen-bond donors (Lipinski definition) is 0. The van der Waals surface area contributed by atoms with Gasteiger partial charge in [-0.3, -0.25) is 4.79 Å². The van der Waals surface area contributed by atoms with Crippen molar-refractivity contribution in [3.63, 3.8) is 0 Å². The maximum atomic E-state index is 10.7. The first kappa shape index (κ1) is 9.03. The number of carbonyl (C=O) groups is 1. The van der Waals surface area contributed by atoms with Crippen LogP contribution >= 0.6 is 27.5 Å². The first-order valence-corrected chi connectivity index (χ1v) is 5.10. The molecule has 2 rings (SSSR count). The Morgan fingerprint density at radius 2 is 2.46 bits per heavy atom. The lowest BCUT2D eigenvalue weighted by Crippen LogP contribution is -2.05. The van der Waals surface area contributed by atoms with Crippen LogP contribution < -0.4 is 0 Å². The smallest absolute Gasteiger partial charge is 0.204 e. The normalized spacial score (nSPS) is 20.0. The molecule has 1 heterocycles. The van der Waals surface area contributed by atoms with Gasteiger partial charge in [-0.05, 0) is 24.1 Å². The lowest BCUT2D eigenvalue weighted by molar-refractivity contribution is 0.112. The zero-order valence-electron chi connectivity index (χ0n) is 6.59. The summed E-state index contributed by atoms with van der Waals surface area (Å²) >= 11 is 9.18. The van der Waals surface area contributed by atoms with Crippen LogP contribution in [0.25, 0.3) is 6.08 Å². The molecule has 4 heteroatoms. The third-order valence-corrected chi connectivity index (χ3v) is 2.92. The summed E-state index contributed by atoms with van der Waals surface area (Å²) in [4.78, 5) is 10.9. The fourth-order valence-corrected chi connectivity index (χ4v) is 2.10. The van der Waals surface area contributed by atoms with Crippen molar-refractivity contribution in [2.24, 2.45) is 0 Å². The molecule has 0 saturated carbocycles. The van der Waals surface area contributed by atoms with Crippen LogP contribution in [-0.2, 0) is 6.42 Å². The molecule has 2 nitrogen and oxygen atoms in total. The number of fused-ring (bicyclic) bond motifs is 1. The molecule has 13 heavy (non-hydrogen) atoms. The number of rotatable bonds is 1.